The second kappa shape index (κ2) is 7.65. The second-order valence-corrected chi connectivity index (χ2v) is 5.14. The average Bonchev–Trinajstić information content (AvgIpc) is 2.60. The van der Waals surface area contributed by atoms with Crippen LogP contribution in [-0.4, -0.2) is 39.5 Å². The van der Waals surface area contributed by atoms with E-state index in [1.165, 1.54) is 41.4 Å². The number of anilines is 1. The van der Waals surface area contributed by atoms with Crippen LogP contribution in [0.1, 0.15) is 6.92 Å². The lowest BCUT2D eigenvalue weighted by atomic mass is 10.0. The minimum absolute atomic E-state index is 0.0254. The lowest BCUT2D eigenvalue weighted by Crippen LogP contribution is -2.10. The summed E-state index contributed by atoms with van der Waals surface area (Å²) >= 11 is 0. The SMILES string of the molecule is COc1ccc(-c2cc(OC)c(OC)c(OC)c2NC(C)=O)cc1O. The molecule has 1 amide bonds. The molecule has 0 aliphatic carbocycles. The molecule has 0 unspecified atom stereocenters. The summed E-state index contributed by atoms with van der Waals surface area (Å²) in [6.45, 7) is 1.39. The number of nitrogens with one attached hydrogen (secondary N) is 1. The number of rotatable bonds is 6. The van der Waals surface area contributed by atoms with Crippen molar-refractivity contribution in [2.24, 2.45) is 0 Å². The maximum atomic E-state index is 11.7. The number of carbonyl (C=O) groups is 1. The molecule has 0 atom stereocenters. The maximum Gasteiger partial charge on any atom is 0.221 e. The van der Waals surface area contributed by atoms with Gasteiger partial charge in [0.2, 0.25) is 11.7 Å². The van der Waals surface area contributed by atoms with Gasteiger partial charge in [-0.15, -0.1) is 0 Å². The van der Waals surface area contributed by atoms with E-state index in [0.29, 0.717) is 39.8 Å². The van der Waals surface area contributed by atoms with Gasteiger partial charge >= 0.3 is 0 Å². The number of benzene rings is 2. The summed E-state index contributed by atoms with van der Waals surface area (Å²) < 4.78 is 21.2. The van der Waals surface area contributed by atoms with Gasteiger partial charge in [-0.2, -0.15) is 0 Å². The normalized spacial score (nSPS) is 10.1. The summed E-state index contributed by atoms with van der Waals surface area (Å²) in [5.41, 5.74) is 1.65. The van der Waals surface area contributed by atoms with Gasteiger partial charge < -0.3 is 29.4 Å². The predicted molar refractivity (Wildman–Crippen MR) is 94.1 cm³/mol. The molecule has 0 saturated heterocycles. The highest BCUT2D eigenvalue weighted by atomic mass is 16.5. The van der Waals surface area contributed by atoms with Gasteiger partial charge in [0, 0.05) is 12.5 Å². The van der Waals surface area contributed by atoms with Gasteiger partial charge in [-0.3, -0.25) is 4.79 Å². The molecule has 2 aromatic rings. The maximum absolute atomic E-state index is 11.7. The molecular weight excluding hydrogens is 326 g/mol. The molecule has 7 heteroatoms. The van der Waals surface area contributed by atoms with Crippen molar-refractivity contribution in [3.63, 3.8) is 0 Å². The summed E-state index contributed by atoms with van der Waals surface area (Å²) in [7, 11) is 5.93. The van der Waals surface area contributed by atoms with Crippen molar-refractivity contribution in [2.45, 2.75) is 6.92 Å². The number of hydrogen-bond acceptors (Lipinski definition) is 6. The Hall–Kier alpha value is -3.09. The topological polar surface area (TPSA) is 86.3 Å². The molecule has 134 valence electrons. The van der Waals surface area contributed by atoms with Crippen LogP contribution in [-0.2, 0) is 4.79 Å². The highest BCUT2D eigenvalue weighted by Gasteiger charge is 2.23. The van der Waals surface area contributed by atoms with E-state index in [1.807, 2.05) is 0 Å². The minimum Gasteiger partial charge on any atom is -0.504 e. The van der Waals surface area contributed by atoms with E-state index in [9.17, 15) is 9.90 Å². The van der Waals surface area contributed by atoms with Gasteiger partial charge in [0.15, 0.2) is 23.0 Å². The Balaban J connectivity index is 2.78. The molecule has 0 radical (unpaired) electrons. The van der Waals surface area contributed by atoms with Gasteiger partial charge in [-0.05, 0) is 23.8 Å². The van der Waals surface area contributed by atoms with Crippen molar-refractivity contribution in [3.05, 3.63) is 24.3 Å². The zero-order chi connectivity index (χ0) is 18.6. The Morgan fingerprint density at radius 3 is 2.04 bits per heavy atom. The molecular formula is C18H21NO6. The molecule has 0 heterocycles. The largest absolute Gasteiger partial charge is 0.504 e. The molecule has 25 heavy (non-hydrogen) atoms. The molecule has 2 aromatic carbocycles. The molecule has 7 nitrogen and oxygen atoms in total. The van der Waals surface area contributed by atoms with E-state index in [1.54, 1.807) is 18.2 Å². The van der Waals surface area contributed by atoms with Gasteiger partial charge in [0.25, 0.3) is 0 Å². The molecule has 0 saturated carbocycles. The lowest BCUT2D eigenvalue weighted by Gasteiger charge is -2.20. The van der Waals surface area contributed by atoms with E-state index in [0.717, 1.165) is 0 Å². The molecule has 0 bridgehead atoms. The summed E-state index contributed by atoms with van der Waals surface area (Å²) in [4.78, 5) is 11.7. The summed E-state index contributed by atoms with van der Waals surface area (Å²) in [5, 5.41) is 12.8. The number of phenolic OH excluding ortho intramolecular Hbond substituents is 1. The molecule has 0 aliphatic heterocycles. The fourth-order valence-electron chi connectivity index (χ4n) is 2.54. The van der Waals surface area contributed by atoms with Crippen molar-refractivity contribution in [1.29, 1.82) is 0 Å². The summed E-state index contributed by atoms with van der Waals surface area (Å²) in [6.07, 6.45) is 0. The molecule has 0 fully saturated rings. The Morgan fingerprint density at radius 2 is 1.56 bits per heavy atom. The summed E-state index contributed by atoms with van der Waals surface area (Å²) in [5.74, 6) is 1.15. The van der Waals surface area contributed by atoms with E-state index >= 15 is 0 Å². The van der Waals surface area contributed by atoms with Gasteiger partial charge in [0.1, 0.15) is 0 Å². The van der Waals surface area contributed by atoms with Crippen LogP contribution in [0.25, 0.3) is 11.1 Å². The number of methoxy groups -OCH3 is 4. The van der Waals surface area contributed by atoms with Gasteiger partial charge in [-0.1, -0.05) is 6.07 Å². The Morgan fingerprint density at radius 1 is 0.920 bits per heavy atom. The van der Waals surface area contributed by atoms with Crippen LogP contribution in [0.15, 0.2) is 24.3 Å². The molecule has 2 rings (SSSR count). The van der Waals surface area contributed by atoms with Crippen molar-refractivity contribution in [3.8, 4) is 39.9 Å². The first kappa shape index (κ1) is 18.3. The predicted octanol–water partition coefficient (Wildman–Crippen LogP) is 3.05. The van der Waals surface area contributed by atoms with Crippen LogP contribution >= 0.6 is 0 Å². The number of hydrogen-bond donors (Lipinski definition) is 2. The van der Waals surface area contributed by atoms with Gasteiger partial charge in [0.05, 0.1) is 34.1 Å². The monoisotopic (exact) mass is 347 g/mol. The molecule has 0 aliphatic rings. The lowest BCUT2D eigenvalue weighted by molar-refractivity contribution is -0.114. The fraction of sp³-hybridized carbons (Fsp3) is 0.278. The zero-order valence-electron chi connectivity index (χ0n) is 14.8. The first-order valence-electron chi connectivity index (χ1n) is 7.44. The number of carbonyl (C=O) groups excluding carboxylic acids is 1. The number of amides is 1. The average molecular weight is 347 g/mol. The van der Waals surface area contributed by atoms with Crippen LogP contribution < -0.4 is 24.3 Å². The molecule has 0 aromatic heterocycles. The zero-order valence-corrected chi connectivity index (χ0v) is 14.8. The van der Waals surface area contributed by atoms with Crippen molar-refractivity contribution < 1.29 is 28.8 Å². The van der Waals surface area contributed by atoms with Crippen LogP contribution in [0.4, 0.5) is 5.69 Å². The summed E-state index contributed by atoms with van der Waals surface area (Å²) in [6, 6.07) is 6.62. The van der Waals surface area contributed by atoms with Crippen LogP contribution in [0, 0.1) is 0 Å². The smallest absolute Gasteiger partial charge is 0.221 e. The Bertz CT molecular complexity index is 788. The quantitative estimate of drug-likeness (QED) is 0.835. The Labute approximate surface area is 146 Å². The Kier molecular flexibility index (Phi) is 5.59. The van der Waals surface area contributed by atoms with Crippen molar-refractivity contribution in [1.82, 2.24) is 0 Å². The standard InChI is InChI=1S/C18H21NO6/c1-10(20)19-16-12(11-6-7-14(22-2)13(21)8-11)9-15(23-3)17(24-4)18(16)25-5/h6-9,21H,1-5H3,(H,19,20). The number of ether oxygens (including phenoxy) is 4. The van der Waals surface area contributed by atoms with E-state index in [-0.39, 0.29) is 11.7 Å². The van der Waals surface area contributed by atoms with E-state index in [4.69, 9.17) is 18.9 Å². The second-order valence-electron chi connectivity index (χ2n) is 5.14. The molecule has 2 N–H and O–H groups in total. The molecule has 0 spiro atoms. The third-order valence-corrected chi connectivity index (χ3v) is 3.62. The number of phenols is 1. The van der Waals surface area contributed by atoms with E-state index < -0.39 is 0 Å². The first-order chi connectivity index (χ1) is 12.0. The number of aromatic hydroxyl groups is 1. The van der Waals surface area contributed by atoms with Gasteiger partial charge in [-0.25, -0.2) is 0 Å². The first-order valence-corrected chi connectivity index (χ1v) is 7.44. The fourth-order valence-corrected chi connectivity index (χ4v) is 2.54. The minimum atomic E-state index is -0.274. The van der Waals surface area contributed by atoms with Crippen LogP contribution in [0.3, 0.4) is 0 Å². The van der Waals surface area contributed by atoms with Crippen molar-refractivity contribution in [2.75, 3.05) is 33.8 Å². The highest BCUT2D eigenvalue weighted by Crippen LogP contribution is 2.49. The van der Waals surface area contributed by atoms with Crippen molar-refractivity contribution >= 4 is 11.6 Å². The highest BCUT2D eigenvalue weighted by molar-refractivity contribution is 5.98. The van der Waals surface area contributed by atoms with Crippen LogP contribution in [0.2, 0.25) is 0 Å². The van der Waals surface area contributed by atoms with E-state index in [2.05, 4.69) is 5.32 Å². The van der Waals surface area contributed by atoms with Crippen LogP contribution in [0.5, 0.6) is 28.7 Å². The third kappa shape index (κ3) is 3.55. The third-order valence-electron chi connectivity index (χ3n) is 3.62.